The third-order valence-corrected chi connectivity index (χ3v) is 3.21. The number of anilines is 2. The first-order valence-electron chi connectivity index (χ1n) is 5.94. The van der Waals surface area contributed by atoms with Crippen molar-refractivity contribution >= 4 is 46.3 Å². The monoisotopic (exact) mass is 333 g/mol. The van der Waals surface area contributed by atoms with E-state index in [0.717, 1.165) is 12.8 Å². The normalized spacial score (nSPS) is 10.7. The van der Waals surface area contributed by atoms with E-state index in [1.54, 1.807) is 6.07 Å². The van der Waals surface area contributed by atoms with Gasteiger partial charge in [0.1, 0.15) is 16.8 Å². The third-order valence-electron chi connectivity index (χ3n) is 2.47. The summed E-state index contributed by atoms with van der Waals surface area (Å²) in [6.45, 7) is 2.02. The molecule has 7 heteroatoms. The fourth-order valence-corrected chi connectivity index (χ4v) is 2.33. The van der Waals surface area contributed by atoms with Gasteiger partial charge in [0.05, 0.1) is 10.0 Å². The molecule has 0 saturated carbocycles. The van der Waals surface area contributed by atoms with Gasteiger partial charge in [-0.05, 0) is 18.6 Å². The molecule has 0 atom stereocenters. The number of aromatic nitrogens is 2. The molecule has 0 bridgehead atoms. The Hall–Kier alpha value is -1.10. The van der Waals surface area contributed by atoms with Gasteiger partial charge in [-0.1, -0.05) is 41.7 Å². The van der Waals surface area contributed by atoms with Crippen LogP contribution in [0.4, 0.5) is 15.9 Å². The van der Waals surface area contributed by atoms with Crippen LogP contribution in [0.2, 0.25) is 15.2 Å². The molecule has 0 fully saturated rings. The topological polar surface area (TPSA) is 37.8 Å². The summed E-state index contributed by atoms with van der Waals surface area (Å²) in [4.78, 5) is 8.43. The van der Waals surface area contributed by atoms with Gasteiger partial charge in [-0.15, -0.1) is 0 Å². The first-order valence-corrected chi connectivity index (χ1v) is 7.08. The van der Waals surface area contributed by atoms with Gasteiger partial charge in [-0.25, -0.2) is 14.4 Å². The Morgan fingerprint density at radius 3 is 2.35 bits per heavy atom. The van der Waals surface area contributed by atoms with Crippen molar-refractivity contribution < 1.29 is 4.39 Å². The highest BCUT2D eigenvalue weighted by Crippen LogP contribution is 2.29. The van der Waals surface area contributed by atoms with E-state index in [4.69, 9.17) is 34.8 Å². The second-order valence-corrected chi connectivity index (χ2v) is 5.32. The molecule has 0 aliphatic carbocycles. The lowest BCUT2D eigenvalue weighted by Crippen LogP contribution is -2.00. The van der Waals surface area contributed by atoms with E-state index in [-0.39, 0.29) is 10.0 Å². The molecule has 1 heterocycles. The number of nitrogens with zero attached hydrogens (tertiary/aromatic N) is 2. The molecule has 3 nitrogen and oxygen atoms in total. The summed E-state index contributed by atoms with van der Waals surface area (Å²) >= 11 is 17.4. The summed E-state index contributed by atoms with van der Waals surface area (Å²) in [6, 6.07) is 4.43. The average Bonchev–Trinajstić information content (AvgIpc) is 2.35. The number of halogens is 4. The van der Waals surface area contributed by atoms with Gasteiger partial charge in [-0.3, -0.25) is 0 Å². The number of benzene rings is 1. The van der Waals surface area contributed by atoms with E-state index >= 15 is 0 Å². The zero-order valence-corrected chi connectivity index (χ0v) is 12.8. The average molecular weight is 335 g/mol. The molecule has 0 spiro atoms. The summed E-state index contributed by atoms with van der Waals surface area (Å²) in [6.07, 6.45) is 1.63. The predicted octanol–water partition coefficient (Wildman–Crippen LogP) is 5.27. The maximum absolute atomic E-state index is 13.3. The Kier molecular flexibility index (Phi) is 5.02. The molecule has 1 N–H and O–H groups in total. The Bertz CT molecular complexity index is 611. The zero-order valence-electron chi connectivity index (χ0n) is 10.6. The van der Waals surface area contributed by atoms with E-state index < -0.39 is 5.82 Å². The van der Waals surface area contributed by atoms with Crippen LogP contribution >= 0.6 is 34.8 Å². The third kappa shape index (κ3) is 3.72. The zero-order chi connectivity index (χ0) is 14.7. The molecular weight excluding hydrogens is 324 g/mol. The number of hydrogen-bond acceptors (Lipinski definition) is 3. The largest absolute Gasteiger partial charge is 0.340 e. The first kappa shape index (κ1) is 15.3. The summed E-state index contributed by atoms with van der Waals surface area (Å²) in [5, 5.41) is 3.20. The van der Waals surface area contributed by atoms with E-state index in [9.17, 15) is 4.39 Å². The van der Waals surface area contributed by atoms with E-state index in [0.29, 0.717) is 22.5 Å². The minimum absolute atomic E-state index is 0.0612. The SMILES string of the molecule is CCCc1nc(Cl)cc(Nc2cc(Cl)c(F)c(Cl)c2)n1. The van der Waals surface area contributed by atoms with Crippen LogP contribution in [-0.4, -0.2) is 9.97 Å². The highest BCUT2D eigenvalue weighted by atomic mass is 35.5. The van der Waals surface area contributed by atoms with Crippen LogP contribution in [0.5, 0.6) is 0 Å². The molecule has 2 rings (SSSR count). The molecule has 106 valence electrons. The second-order valence-electron chi connectivity index (χ2n) is 4.12. The Morgan fingerprint density at radius 2 is 1.75 bits per heavy atom. The highest BCUT2D eigenvalue weighted by molar-refractivity contribution is 6.35. The Morgan fingerprint density at radius 1 is 1.10 bits per heavy atom. The molecular formula is C13H11Cl3FN3. The van der Waals surface area contributed by atoms with Crippen LogP contribution in [-0.2, 0) is 6.42 Å². The summed E-state index contributed by atoms with van der Waals surface area (Å²) in [5.74, 6) is 0.500. The minimum Gasteiger partial charge on any atom is -0.340 e. The molecule has 0 aliphatic rings. The fourth-order valence-electron chi connectivity index (χ4n) is 1.64. The van der Waals surface area contributed by atoms with Crippen LogP contribution < -0.4 is 5.32 Å². The molecule has 0 radical (unpaired) electrons. The molecule has 0 unspecified atom stereocenters. The van der Waals surface area contributed by atoms with Crippen molar-refractivity contribution in [3.63, 3.8) is 0 Å². The lowest BCUT2D eigenvalue weighted by Gasteiger charge is -2.09. The van der Waals surface area contributed by atoms with E-state index in [1.807, 2.05) is 6.92 Å². The van der Waals surface area contributed by atoms with Gasteiger partial charge in [0.15, 0.2) is 5.82 Å². The van der Waals surface area contributed by atoms with Crippen LogP contribution in [0.15, 0.2) is 18.2 Å². The second kappa shape index (κ2) is 6.57. The standard InChI is InChI=1S/C13H11Cl3FN3/c1-2-3-11-19-10(16)6-12(20-11)18-7-4-8(14)13(17)9(15)5-7/h4-6H,2-3H2,1H3,(H,18,19,20). The van der Waals surface area contributed by atoms with Crippen molar-refractivity contribution in [1.29, 1.82) is 0 Å². The van der Waals surface area contributed by atoms with Gasteiger partial charge < -0.3 is 5.32 Å². The van der Waals surface area contributed by atoms with Crippen LogP contribution in [0, 0.1) is 5.82 Å². The first-order chi connectivity index (χ1) is 9.49. The van der Waals surface area contributed by atoms with Crippen molar-refractivity contribution in [3.05, 3.63) is 45.0 Å². The Labute approximate surface area is 131 Å². The van der Waals surface area contributed by atoms with Crippen molar-refractivity contribution in [2.24, 2.45) is 0 Å². The number of hydrogen-bond donors (Lipinski definition) is 1. The molecule has 0 amide bonds. The number of nitrogens with one attached hydrogen (secondary N) is 1. The number of aryl methyl sites for hydroxylation is 1. The van der Waals surface area contributed by atoms with Crippen LogP contribution in [0.1, 0.15) is 19.2 Å². The maximum Gasteiger partial charge on any atom is 0.160 e. The predicted molar refractivity (Wildman–Crippen MR) is 80.7 cm³/mol. The van der Waals surface area contributed by atoms with Crippen LogP contribution in [0.25, 0.3) is 0 Å². The van der Waals surface area contributed by atoms with Gasteiger partial charge in [-0.2, -0.15) is 0 Å². The van der Waals surface area contributed by atoms with Crippen molar-refractivity contribution in [1.82, 2.24) is 9.97 Å². The van der Waals surface area contributed by atoms with Crippen LogP contribution in [0.3, 0.4) is 0 Å². The van der Waals surface area contributed by atoms with Gasteiger partial charge >= 0.3 is 0 Å². The van der Waals surface area contributed by atoms with Gasteiger partial charge in [0, 0.05) is 18.2 Å². The maximum atomic E-state index is 13.3. The van der Waals surface area contributed by atoms with Crippen molar-refractivity contribution in [3.8, 4) is 0 Å². The smallest absolute Gasteiger partial charge is 0.160 e. The fraction of sp³-hybridized carbons (Fsp3) is 0.231. The van der Waals surface area contributed by atoms with E-state index in [1.165, 1.54) is 12.1 Å². The molecule has 0 saturated heterocycles. The summed E-state index contributed by atoms with van der Waals surface area (Å²) in [5.41, 5.74) is 0.526. The molecule has 1 aromatic carbocycles. The molecule has 2 aromatic rings. The molecule has 0 aliphatic heterocycles. The molecule has 20 heavy (non-hydrogen) atoms. The highest BCUT2D eigenvalue weighted by Gasteiger charge is 2.09. The van der Waals surface area contributed by atoms with E-state index in [2.05, 4.69) is 15.3 Å². The lowest BCUT2D eigenvalue weighted by molar-refractivity contribution is 0.629. The van der Waals surface area contributed by atoms with Gasteiger partial charge in [0.2, 0.25) is 0 Å². The lowest BCUT2D eigenvalue weighted by atomic mass is 10.3. The molecule has 1 aromatic heterocycles. The quantitative estimate of drug-likeness (QED) is 0.611. The van der Waals surface area contributed by atoms with Gasteiger partial charge in [0.25, 0.3) is 0 Å². The van der Waals surface area contributed by atoms with Crippen molar-refractivity contribution in [2.45, 2.75) is 19.8 Å². The number of rotatable bonds is 4. The van der Waals surface area contributed by atoms with Crippen molar-refractivity contribution in [2.75, 3.05) is 5.32 Å². The summed E-state index contributed by atoms with van der Waals surface area (Å²) in [7, 11) is 0. The summed E-state index contributed by atoms with van der Waals surface area (Å²) < 4.78 is 13.3. The minimum atomic E-state index is -0.647. The Balaban J connectivity index is 2.30.